The first-order chi connectivity index (χ1) is 11.3. The highest BCUT2D eigenvalue weighted by atomic mass is 32.1. The van der Waals surface area contributed by atoms with Gasteiger partial charge in [-0.3, -0.25) is 4.79 Å². The number of nitrogens with zero attached hydrogens (tertiary/aromatic N) is 4. The maximum atomic E-state index is 12.2. The second-order valence-corrected chi connectivity index (χ2v) is 6.27. The van der Waals surface area contributed by atoms with Gasteiger partial charge < -0.3 is 19.9 Å². The molecule has 2 aromatic rings. The summed E-state index contributed by atoms with van der Waals surface area (Å²) in [6.07, 6.45) is 1.62. The minimum absolute atomic E-state index is 0.143. The molecule has 0 spiro atoms. The van der Waals surface area contributed by atoms with E-state index in [9.17, 15) is 4.79 Å². The van der Waals surface area contributed by atoms with E-state index < -0.39 is 0 Å². The van der Waals surface area contributed by atoms with E-state index in [1.165, 1.54) is 0 Å². The maximum Gasteiger partial charge on any atom is 0.236 e. The van der Waals surface area contributed by atoms with Crippen molar-refractivity contribution in [3.63, 3.8) is 0 Å². The van der Waals surface area contributed by atoms with Gasteiger partial charge in [-0.1, -0.05) is 0 Å². The molecule has 0 unspecified atom stereocenters. The smallest absolute Gasteiger partial charge is 0.236 e. The van der Waals surface area contributed by atoms with Gasteiger partial charge in [0.05, 0.1) is 18.5 Å². The van der Waals surface area contributed by atoms with E-state index in [-0.39, 0.29) is 5.91 Å². The van der Waals surface area contributed by atoms with Crippen molar-refractivity contribution in [1.29, 1.82) is 0 Å². The van der Waals surface area contributed by atoms with Crippen LogP contribution in [0.4, 0.5) is 5.82 Å². The molecule has 0 aliphatic carbocycles. The lowest BCUT2D eigenvalue weighted by molar-refractivity contribution is -0.130. The fourth-order valence-electron chi connectivity index (χ4n) is 2.68. The number of hydrogen-bond donors (Lipinski definition) is 1. The van der Waals surface area contributed by atoms with Crippen LogP contribution >= 0.6 is 11.3 Å². The number of hydrogen-bond acceptors (Lipinski definition) is 7. The normalized spacial score (nSPS) is 15.3. The molecule has 1 fully saturated rings. The van der Waals surface area contributed by atoms with Gasteiger partial charge in [-0.05, 0) is 11.4 Å². The molecule has 1 amide bonds. The maximum absolute atomic E-state index is 12.2. The number of ether oxygens (including phenoxy) is 1. The third-order valence-corrected chi connectivity index (χ3v) is 4.75. The predicted octanol–water partition coefficient (Wildman–Crippen LogP) is 0.576. The van der Waals surface area contributed by atoms with E-state index in [1.54, 1.807) is 24.8 Å². The lowest BCUT2D eigenvalue weighted by atomic mass is 10.2. The monoisotopic (exact) mass is 335 g/mol. The highest BCUT2D eigenvalue weighted by Gasteiger charge is 2.22. The van der Waals surface area contributed by atoms with Crippen LogP contribution in [-0.2, 0) is 9.53 Å². The molecule has 0 saturated carbocycles. The van der Waals surface area contributed by atoms with Crippen LogP contribution in [-0.4, -0.2) is 73.8 Å². The molecule has 0 atom stereocenters. The highest BCUT2D eigenvalue weighted by Crippen LogP contribution is 2.27. The summed E-state index contributed by atoms with van der Waals surface area (Å²) in [6, 6.07) is 2.06. The van der Waals surface area contributed by atoms with E-state index in [0.717, 1.165) is 42.2 Å². The molecule has 8 heteroatoms. The molecule has 23 heavy (non-hydrogen) atoms. The van der Waals surface area contributed by atoms with Gasteiger partial charge in [-0.25, -0.2) is 9.97 Å². The number of amides is 1. The van der Waals surface area contributed by atoms with Crippen LogP contribution in [0.3, 0.4) is 0 Å². The summed E-state index contributed by atoms with van der Waals surface area (Å²) in [5.74, 6) is 1.12. The highest BCUT2D eigenvalue weighted by molar-refractivity contribution is 7.16. The summed E-state index contributed by atoms with van der Waals surface area (Å²) in [6.45, 7) is 4.72. The average Bonchev–Trinajstić information content (AvgIpc) is 3.07. The average molecular weight is 335 g/mol. The quantitative estimate of drug-likeness (QED) is 0.779. The topological polar surface area (TPSA) is 70.6 Å². The second-order valence-electron chi connectivity index (χ2n) is 5.37. The molecule has 124 valence electrons. The number of rotatable bonds is 6. The van der Waals surface area contributed by atoms with Gasteiger partial charge in [-0.2, -0.15) is 0 Å². The predicted molar refractivity (Wildman–Crippen MR) is 91.0 cm³/mol. The fraction of sp³-hybridized carbons (Fsp3) is 0.533. The SMILES string of the molecule is COCCNCC(=O)N1CCN(c2ncnc3sccc23)CC1. The first kappa shape index (κ1) is 16.1. The molecule has 0 bridgehead atoms. The number of methoxy groups -OCH3 is 1. The van der Waals surface area contributed by atoms with Crippen molar-refractivity contribution in [1.82, 2.24) is 20.2 Å². The summed E-state index contributed by atoms with van der Waals surface area (Å²) < 4.78 is 4.96. The zero-order valence-corrected chi connectivity index (χ0v) is 14.0. The Hall–Kier alpha value is -1.77. The number of anilines is 1. The van der Waals surface area contributed by atoms with Gasteiger partial charge in [0.1, 0.15) is 17.0 Å². The number of aromatic nitrogens is 2. The van der Waals surface area contributed by atoms with Crippen molar-refractivity contribution in [3.05, 3.63) is 17.8 Å². The van der Waals surface area contributed by atoms with Crippen LogP contribution in [0.5, 0.6) is 0 Å². The van der Waals surface area contributed by atoms with Gasteiger partial charge in [0, 0.05) is 39.8 Å². The largest absolute Gasteiger partial charge is 0.383 e. The molecular formula is C15H21N5O2S. The minimum Gasteiger partial charge on any atom is -0.383 e. The van der Waals surface area contributed by atoms with Crippen LogP contribution in [0.1, 0.15) is 0 Å². The Balaban J connectivity index is 1.54. The van der Waals surface area contributed by atoms with Gasteiger partial charge >= 0.3 is 0 Å². The van der Waals surface area contributed by atoms with Crippen LogP contribution < -0.4 is 10.2 Å². The zero-order chi connectivity index (χ0) is 16.1. The third kappa shape index (κ3) is 3.77. The Morgan fingerprint density at radius 2 is 2.17 bits per heavy atom. The summed E-state index contributed by atoms with van der Waals surface area (Å²) in [5.41, 5.74) is 0. The fourth-order valence-corrected chi connectivity index (χ4v) is 3.41. The third-order valence-electron chi connectivity index (χ3n) is 3.93. The van der Waals surface area contributed by atoms with E-state index in [0.29, 0.717) is 19.7 Å². The second kappa shape index (κ2) is 7.67. The number of thiophene rings is 1. The van der Waals surface area contributed by atoms with Crippen molar-refractivity contribution in [2.45, 2.75) is 0 Å². The molecule has 0 aromatic carbocycles. The molecule has 1 aliphatic heterocycles. The molecule has 7 nitrogen and oxygen atoms in total. The first-order valence-corrected chi connectivity index (χ1v) is 8.58. The minimum atomic E-state index is 0.143. The van der Waals surface area contributed by atoms with Crippen molar-refractivity contribution >= 4 is 33.3 Å². The molecule has 3 rings (SSSR count). The van der Waals surface area contributed by atoms with Crippen LogP contribution in [0.2, 0.25) is 0 Å². The van der Waals surface area contributed by atoms with Gasteiger partial charge in [0.15, 0.2) is 0 Å². The van der Waals surface area contributed by atoms with E-state index in [1.807, 2.05) is 10.3 Å². The number of piperazine rings is 1. The Kier molecular flexibility index (Phi) is 5.37. The van der Waals surface area contributed by atoms with Crippen molar-refractivity contribution in [2.24, 2.45) is 0 Å². The lowest BCUT2D eigenvalue weighted by Crippen LogP contribution is -2.51. The summed E-state index contributed by atoms with van der Waals surface area (Å²) in [7, 11) is 1.65. The van der Waals surface area contributed by atoms with Crippen molar-refractivity contribution in [3.8, 4) is 0 Å². The Bertz CT molecular complexity index is 654. The van der Waals surface area contributed by atoms with Gasteiger partial charge in [0.25, 0.3) is 0 Å². The summed E-state index contributed by atoms with van der Waals surface area (Å²) in [4.78, 5) is 26.0. The molecule has 2 aromatic heterocycles. The van der Waals surface area contributed by atoms with E-state index in [2.05, 4.69) is 26.3 Å². The van der Waals surface area contributed by atoms with E-state index >= 15 is 0 Å². The first-order valence-electron chi connectivity index (χ1n) is 7.70. The number of carbonyl (C=O) groups is 1. The van der Waals surface area contributed by atoms with E-state index in [4.69, 9.17) is 4.74 Å². The molecule has 3 heterocycles. The number of fused-ring (bicyclic) bond motifs is 1. The van der Waals surface area contributed by atoms with Crippen LogP contribution in [0.25, 0.3) is 10.2 Å². The number of nitrogens with one attached hydrogen (secondary N) is 1. The van der Waals surface area contributed by atoms with Crippen molar-refractivity contribution in [2.75, 3.05) is 57.9 Å². The lowest BCUT2D eigenvalue weighted by Gasteiger charge is -2.35. The molecular weight excluding hydrogens is 314 g/mol. The summed E-state index contributed by atoms with van der Waals surface area (Å²) in [5, 5.41) is 6.23. The molecule has 0 radical (unpaired) electrons. The Morgan fingerprint density at radius 1 is 1.35 bits per heavy atom. The molecule has 1 N–H and O–H groups in total. The number of carbonyl (C=O) groups excluding carboxylic acids is 1. The van der Waals surface area contributed by atoms with Gasteiger partial charge in [-0.15, -0.1) is 11.3 Å². The van der Waals surface area contributed by atoms with Crippen LogP contribution in [0.15, 0.2) is 17.8 Å². The molecule has 1 saturated heterocycles. The standard InChI is InChI=1S/C15H21N5O2S/c1-22-8-3-16-10-13(21)19-4-6-20(7-5-19)14-12-2-9-23-15(12)18-11-17-14/h2,9,11,16H,3-8,10H2,1H3. The Labute approximate surface area is 139 Å². The molecule has 1 aliphatic rings. The van der Waals surface area contributed by atoms with Gasteiger partial charge in [0.2, 0.25) is 5.91 Å². The zero-order valence-electron chi connectivity index (χ0n) is 13.2. The Morgan fingerprint density at radius 3 is 2.96 bits per heavy atom. The van der Waals surface area contributed by atoms with Crippen LogP contribution in [0, 0.1) is 0 Å². The van der Waals surface area contributed by atoms with Crippen molar-refractivity contribution < 1.29 is 9.53 Å². The summed E-state index contributed by atoms with van der Waals surface area (Å²) >= 11 is 1.62.